The van der Waals surface area contributed by atoms with Crippen LogP contribution < -0.4 is 5.32 Å². The summed E-state index contributed by atoms with van der Waals surface area (Å²) < 4.78 is 0. The van der Waals surface area contributed by atoms with Gasteiger partial charge in [-0.05, 0) is 44.7 Å². The molecule has 1 N–H and O–H groups in total. The Morgan fingerprint density at radius 2 is 1.63 bits per heavy atom. The SMILES string of the molecule is CCN1CCN(C2CCC(NCC(C)C)CC2)CC1. The van der Waals surface area contributed by atoms with E-state index in [0.29, 0.717) is 0 Å². The number of nitrogens with one attached hydrogen (secondary N) is 1. The van der Waals surface area contributed by atoms with Crippen molar-refractivity contribution in [3.8, 4) is 0 Å². The molecule has 0 atom stereocenters. The third-order valence-electron chi connectivity index (χ3n) is 4.88. The molecule has 3 nitrogen and oxygen atoms in total. The van der Waals surface area contributed by atoms with Gasteiger partial charge in [-0.2, -0.15) is 0 Å². The lowest BCUT2D eigenvalue weighted by atomic mass is 9.89. The molecule has 2 aliphatic rings. The zero-order valence-corrected chi connectivity index (χ0v) is 13.2. The number of piperazine rings is 1. The molecule has 3 heteroatoms. The molecule has 0 amide bonds. The summed E-state index contributed by atoms with van der Waals surface area (Å²) in [7, 11) is 0. The average Bonchev–Trinajstić information content (AvgIpc) is 2.46. The van der Waals surface area contributed by atoms with Gasteiger partial charge in [0.05, 0.1) is 0 Å². The van der Waals surface area contributed by atoms with Gasteiger partial charge in [0.15, 0.2) is 0 Å². The van der Waals surface area contributed by atoms with Crippen molar-refractivity contribution in [2.45, 2.75) is 58.5 Å². The first kappa shape index (κ1) is 15.3. The van der Waals surface area contributed by atoms with Crippen LogP contribution in [-0.4, -0.2) is 61.2 Å². The first-order valence-electron chi connectivity index (χ1n) is 8.38. The van der Waals surface area contributed by atoms with E-state index in [1.807, 2.05) is 0 Å². The molecule has 1 saturated carbocycles. The van der Waals surface area contributed by atoms with Gasteiger partial charge in [0.1, 0.15) is 0 Å². The van der Waals surface area contributed by atoms with Crippen LogP contribution in [0.2, 0.25) is 0 Å². The Hall–Kier alpha value is -0.120. The maximum Gasteiger partial charge on any atom is 0.0113 e. The fraction of sp³-hybridized carbons (Fsp3) is 1.00. The summed E-state index contributed by atoms with van der Waals surface area (Å²) >= 11 is 0. The van der Waals surface area contributed by atoms with Gasteiger partial charge >= 0.3 is 0 Å². The predicted molar refractivity (Wildman–Crippen MR) is 82.6 cm³/mol. The molecule has 1 aliphatic carbocycles. The van der Waals surface area contributed by atoms with Crippen LogP contribution in [0.1, 0.15) is 46.5 Å². The summed E-state index contributed by atoms with van der Waals surface area (Å²) in [6.07, 6.45) is 5.57. The summed E-state index contributed by atoms with van der Waals surface area (Å²) in [5.41, 5.74) is 0. The number of likely N-dealkylation sites (N-methyl/N-ethyl adjacent to an activating group) is 1. The number of hydrogen-bond donors (Lipinski definition) is 1. The fourth-order valence-corrected chi connectivity index (χ4v) is 3.49. The van der Waals surface area contributed by atoms with Crippen molar-refractivity contribution in [2.75, 3.05) is 39.3 Å². The third-order valence-corrected chi connectivity index (χ3v) is 4.88. The van der Waals surface area contributed by atoms with Crippen molar-refractivity contribution >= 4 is 0 Å². The number of hydrogen-bond acceptors (Lipinski definition) is 3. The second-order valence-electron chi connectivity index (χ2n) is 6.78. The minimum atomic E-state index is 0.778. The second kappa shape index (κ2) is 7.61. The van der Waals surface area contributed by atoms with Crippen LogP contribution in [0, 0.1) is 5.92 Å². The van der Waals surface area contributed by atoms with Crippen LogP contribution in [-0.2, 0) is 0 Å². The van der Waals surface area contributed by atoms with E-state index >= 15 is 0 Å². The highest BCUT2D eigenvalue weighted by Crippen LogP contribution is 2.24. The van der Waals surface area contributed by atoms with Crippen molar-refractivity contribution in [2.24, 2.45) is 5.92 Å². The summed E-state index contributed by atoms with van der Waals surface area (Å²) in [4.78, 5) is 5.33. The monoisotopic (exact) mass is 267 g/mol. The van der Waals surface area contributed by atoms with Gasteiger partial charge in [-0.25, -0.2) is 0 Å². The molecule has 1 aliphatic heterocycles. The third kappa shape index (κ3) is 4.73. The fourth-order valence-electron chi connectivity index (χ4n) is 3.49. The summed E-state index contributed by atoms with van der Waals surface area (Å²) in [6.45, 7) is 14.4. The molecule has 0 spiro atoms. The van der Waals surface area contributed by atoms with Crippen molar-refractivity contribution < 1.29 is 0 Å². The number of nitrogens with zero attached hydrogens (tertiary/aromatic N) is 2. The van der Waals surface area contributed by atoms with Crippen LogP contribution in [0.15, 0.2) is 0 Å². The van der Waals surface area contributed by atoms with Gasteiger partial charge in [0.25, 0.3) is 0 Å². The van der Waals surface area contributed by atoms with Crippen molar-refractivity contribution in [3.63, 3.8) is 0 Å². The Morgan fingerprint density at radius 3 is 2.16 bits per heavy atom. The highest BCUT2D eigenvalue weighted by Gasteiger charge is 2.27. The van der Waals surface area contributed by atoms with Crippen LogP contribution >= 0.6 is 0 Å². The van der Waals surface area contributed by atoms with Gasteiger partial charge in [-0.3, -0.25) is 4.90 Å². The van der Waals surface area contributed by atoms with Gasteiger partial charge in [0.2, 0.25) is 0 Å². The molecule has 1 saturated heterocycles. The van der Waals surface area contributed by atoms with E-state index in [1.165, 1.54) is 65.0 Å². The van der Waals surface area contributed by atoms with E-state index < -0.39 is 0 Å². The normalized spacial score (nSPS) is 30.9. The van der Waals surface area contributed by atoms with Gasteiger partial charge < -0.3 is 10.2 Å². The highest BCUT2D eigenvalue weighted by molar-refractivity contribution is 4.85. The maximum atomic E-state index is 3.73. The van der Waals surface area contributed by atoms with Crippen molar-refractivity contribution in [1.29, 1.82) is 0 Å². The Balaban J connectivity index is 1.66. The van der Waals surface area contributed by atoms with Crippen molar-refractivity contribution in [1.82, 2.24) is 15.1 Å². The van der Waals surface area contributed by atoms with Crippen molar-refractivity contribution in [3.05, 3.63) is 0 Å². The van der Waals surface area contributed by atoms with E-state index in [0.717, 1.165) is 18.0 Å². The molecule has 0 bridgehead atoms. The summed E-state index contributed by atoms with van der Waals surface area (Å²) in [5, 5.41) is 3.73. The molecule has 0 aromatic rings. The van der Waals surface area contributed by atoms with Crippen LogP contribution in [0.25, 0.3) is 0 Å². The molecule has 2 fully saturated rings. The van der Waals surface area contributed by atoms with E-state index in [-0.39, 0.29) is 0 Å². The first-order valence-corrected chi connectivity index (χ1v) is 8.38. The lowest BCUT2D eigenvalue weighted by molar-refractivity contribution is 0.0763. The smallest absolute Gasteiger partial charge is 0.0113 e. The Morgan fingerprint density at radius 1 is 1.00 bits per heavy atom. The van der Waals surface area contributed by atoms with Crippen LogP contribution in [0.5, 0.6) is 0 Å². The topological polar surface area (TPSA) is 18.5 Å². The first-order chi connectivity index (χ1) is 9.19. The largest absolute Gasteiger partial charge is 0.314 e. The molecular weight excluding hydrogens is 234 g/mol. The van der Waals surface area contributed by atoms with Gasteiger partial charge in [-0.15, -0.1) is 0 Å². The standard InChI is InChI=1S/C16H33N3/c1-4-18-9-11-19(12-10-18)16-7-5-15(6-8-16)17-13-14(2)3/h14-17H,4-13H2,1-3H3. The second-order valence-corrected chi connectivity index (χ2v) is 6.78. The van der Waals surface area contributed by atoms with E-state index in [9.17, 15) is 0 Å². The molecule has 1 heterocycles. The lowest BCUT2D eigenvalue weighted by Gasteiger charge is -2.42. The Kier molecular flexibility index (Phi) is 6.11. The average molecular weight is 267 g/mol. The zero-order chi connectivity index (χ0) is 13.7. The minimum Gasteiger partial charge on any atom is -0.314 e. The van der Waals surface area contributed by atoms with E-state index in [4.69, 9.17) is 0 Å². The quantitative estimate of drug-likeness (QED) is 0.824. The molecule has 19 heavy (non-hydrogen) atoms. The molecule has 0 radical (unpaired) electrons. The molecule has 112 valence electrons. The Labute approximate surface area is 119 Å². The minimum absolute atomic E-state index is 0.778. The molecule has 0 aromatic heterocycles. The molecule has 2 rings (SSSR count). The van der Waals surface area contributed by atoms with Crippen LogP contribution in [0.3, 0.4) is 0 Å². The summed E-state index contributed by atoms with van der Waals surface area (Å²) in [5.74, 6) is 0.778. The zero-order valence-electron chi connectivity index (χ0n) is 13.2. The highest BCUT2D eigenvalue weighted by atomic mass is 15.3. The molecule has 0 unspecified atom stereocenters. The van der Waals surface area contributed by atoms with Crippen LogP contribution in [0.4, 0.5) is 0 Å². The molecule has 0 aromatic carbocycles. The lowest BCUT2D eigenvalue weighted by Crippen LogP contribution is -2.52. The summed E-state index contributed by atoms with van der Waals surface area (Å²) in [6, 6.07) is 1.66. The maximum absolute atomic E-state index is 3.73. The Bertz CT molecular complexity index is 238. The molecular formula is C16H33N3. The van der Waals surface area contributed by atoms with Gasteiger partial charge in [0, 0.05) is 38.3 Å². The van der Waals surface area contributed by atoms with E-state index in [2.05, 4.69) is 35.9 Å². The predicted octanol–water partition coefficient (Wildman–Crippen LogP) is 2.18. The van der Waals surface area contributed by atoms with Gasteiger partial charge in [-0.1, -0.05) is 20.8 Å². The van der Waals surface area contributed by atoms with E-state index in [1.54, 1.807) is 0 Å². The number of rotatable bonds is 5.